The molecule has 0 saturated carbocycles. The topological polar surface area (TPSA) is 57.3 Å². The minimum absolute atomic E-state index is 0.00246. The predicted molar refractivity (Wildman–Crippen MR) is 78.2 cm³/mol. The number of nitrogens with one attached hydrogen (secondary N) is 2. The fourth-order valence-electron chi connectivity index (χ4n) is 1.73. The Morgan fingerprint density at radius 2 is 2.16 bits per heavy atom. The van der Waals surface area contributed by atoms with Crippen LogP contribution < -0.4 is 15.5 Å². The zero-order chi connectivity index (χ0) is 14.1. The van der Waals surface area contributed by atoms with E-state index in [-0.39, 0.29) is 5.91 Å². The summed E-state index contributed by atoms with van der Waals surface area (Å²) in [4.78, 5) is 17.8. The van der Waals surface area contributed by atoms with E-state index in [9.17, 15) is 4.79 Å². The molecule has 2 N–H and O–H groups in total. The average molecular weight is 264 g/mol. The van der Waals surface area contributed by atoms with Gasteiger partial charge in [-0.1, -0.05) is 13.0 Å². The van der Waals surface area contributed by atoms with Gasteiger partial charge in [-0.3, -0.25) is 4.79 Å². The molecule has 5 nitrogen and oxygen atoms in total. The molecular weight excluding hydrogens is 240 g/mol. The minimum Gasteiger partial charge on any atom is -0.358 e. The van der Waals surface area contributed by atoms with Crippen LogP contribution >= 0.6 is 0 Å². The Bertz CT molecular complexity index is 378. The number of rotatable bonds is 8. The molecule has 1 aromatic rings. The number of amides is 1. The maximum atomic E-state index is 11.4. The second-order valence-corrected chi connectivity index (χ2v) is 4.39. The minimum atomic E-state index is -0.00246. The largest absolute Gasteiger partial charge is 0.358 e. The molecule has 0 spiro atoms. The summed E-state index contributed by atoms with van der Waals surface area (Å²) in [5, 5.41) is 5.96. The van der Waals surface area contributed by atoms with Crippen molar-refractivity contribution in [3.8, 4) is 0 Å². The van der Waals surface area contributed by atoms with Crippen molar-refractivity contribution in [3.63, 3.8) is 0 Å². The zero-order valence-corrected chi connectivity index (χ0v) is 12.1. The fraction of sp³-hybridized carbons (Fsp3) is 0.571. The van der Waals surface area contributed by atoms with Gasteiger partial charge in [-0.2, -0.15) is 0 Å². The van der Waals surface area contributed by atoms with Crippen LogP contribution in [0.2, 0.25) is 0 Å². The van der Waals surface area contributed by atoms with Gasteiger partial charge in [0, 0.05) is 26.3 Å². The smallest absolute Gasteiger partial charge is 0.239 e. The van der Waals surface area contributed by atoms with Gasteiger partial charge in [-0.25, -0.2) is 4.98 Å². The van der Waals surface area contributed by atoms with Gasteiger partial charge in [-0.05, 0) is 31.5 Å². The first-order valence-corrected chi connectivity index (χ1v) is 6.82. The van der Waals surface area contributed by atoms with Crippen molar-refractivity contribution < 1.29 is 4.79 Å². The molecule has 0 saturated heterocycles. The number of aromatic nitrogens is 1. The van der Waals surface area contributed by atoms with E-state index in [0.717, 1.165) is 37.4 Å². The van der Waals surface area contributed by atoms with E-state index >= 15 is 0 Å². The molecule has 1 aromatic heterocycles. The highest BCUT2D eigenvalue weighted by molar-refractivity contribution is 5.80. The molecule has 0 bridgehead atoms. The second-order valence-electron chi connectivity index (χ2n) is 4.39. The number of likely N-dealkylation sites (N-methyl/N-ethyl adjacent to an activating group) is 2. The van der Waals surface area contributed by atoms with Crippen molar-refractivity contribution in [2.75, 3.05) is 31.6 Å². The molecule has 1 rings (SSSR count). The first-order valence-electron chi connectivity index (χ1n) is 6.82. The van der Waals surface area contributed by atoms with E-state index < -0.39 is 0 Å². The maximum Gasteiger partial charge on any atom is 0.239 e. The molecule has 0 fully saturated rings. The maximum absolute atomic E-state index is 11.4. The van der Waals surface area contributed by atoms with Crippen LogP contribution in [0, 0.1) is 0 Å². The SMILES string of the molecule is CCCNCc1ccc(N(CC)CC(=O)NC)nc1. The van der Waals surface area contributed by atoms with Crippen molar-refractivity contribution in [2.24, 2.45) is 0 Å². The standard InChI is InChI=1S/C14H24N4O/c1-4-8-16-9-12-6-7-13(17-10-12)18(5-2)11-14(19)15-3/h6-7,10,16H,4-5,8-9,11H2,1-3H3,(H,15,19). The highest BCUT2D eigenvalue weighted by Gasteiger charge is 2.09. The van der Waals surface area contributed by atoms with Crippen LogP contribution in [0.3, 0.4) is 0 Å². The summed E-state index contributed by atoms with van der Waals surface area (Å²) in [5.74, 6) is 0.836. The molecule has 0 aliphatic carbocycles. The Morgan fingerprint density at radius 3 is 2.68 bits per heavy atom. The van der Waals surface area contributed by atoms with Crippen molar-refractivity contribution in [2.45, 2.75) is 26.8 Å². The monoisotopic (exact) mass is 264 g/mol. The summed E-state index contributed by atoms with van der Waals surface area (Å²) in [6.07, 6.45) is 2.99. The quantitative estimate of drug-likeness (QED) is 0.692. The van der Waals surface area contributed by atoms with Gasteiger partial charge in [0.15, 0.2) is 0 Å². The number of hydrogen-bond acceptors (Lipinski definition) is 4. The third kappa shape index (κ3) is 5.26. The Hall–Kier alpha value is -1.62. The lowest BCUT2D eigenvalue weighted by molar-refractivity contribution is -0.119. The Balaban J connectivity index is 2.59. The third-order valence-electron chi connectivity index (χ3n) is 2.88. The van der Waals surface area contributed by atoms with Crippen LogP contribution in [0.5, 0.6) is 0 Å². The van der Waals surface area contributed by atoms with Gasteiger partial charge in [0.1, 0.15) is 5.82 Å². The van der Waals surface area contributed by atoms with Crippen molar-refractivity contribution in [1.82, 2.24) is 15.6 Å². The lowest BCUT2D eigenvalue weighted by Crippen LogP contribution is -2.35. The van der Waals surface area contributed by atoms with Gasteiger partial charge in [0.05, 0.1) is 6.54 Å². The number of nitrogens with zero attached hydrogens (tertiary/aromatic N) is 2. The zero-order valence-electron chi connectivity index (χ0n) is 12.1. The summed E-state index contributed by atoms with van der Waals surface area (Å²) in [6, 6.07) is 4.02. The van der Waals surface area contributed by atoms with E-state index in [1.165, 1.54) is 0 Å². The van der Waals surface area contributed by atoms with E-state index in [2.05, 4.69) is 28.6 Å². The normalized spacial score (nSPS) is 10.3. The Morgan fingerprint density at radius 1 is 1.37 bits per heavy atom. The van der Waals surface area contributed by atoms with E-state index in [0.29, 0.717) is 6.54 Å². The summed E-state index contributed by atoms with van der Waals surface area (Å²) < 4.78 is 0. The molecular formula is C14H24N4O. The molecule has 0 aliphatic rings. The molecule has 0 radical (unpaired) electrons. The molecule has 0 unspecified atom stereocenters. The van der Waals surface area contributed by atoms with Crippen LogP contribution in [0.1, 0.15) is 25.8 Å². The lowest BCUT2D eigenvalue weighted by atomic mass is 10.2. The van der Waals surface area contributed by atoms with Gasteiger partial charge < -0.3 is 15.5 Å². The number of hydrogen-bond donors (Lipinski definition) is 2. The highest BCUT2D eigenvalue weighted by atomic mass is 16.1. The lowest BCUT2D eigenvalue weighted by Gasteiger charge is -2.21. The number of carbonyl (C=O) groups excluding carboxylic acids is 1. The summed E-state index contributed by atoms with van der Waals surface area (Å²) in [6.45, 7) is 7.11. The van der Waals surface area contributed by atoms with Gasteiger partial charge >= 0.3 is 0 Å². The van der Waals surface area contributed by atoms with Crippen LogP contribution in [-0.4, -0.2) is 37.6 Å². The van der Waals surface area contributed by atoms with Gasteiger partial charge in [-0.15, -0.1) is 0 Å². The molecule has 0 aliphatic heterocycles. The number of pyridine rings is 1. The molecule has 1 heterocycles. The first kappa shape index (κ1) is 15.4. The van der Waals surface area contributed by atoms with Crippen LogP contribution in [0.25, 0.3) is 0 Å². The Labute approximate surface area is 115 Å². The van der Waals surface area contributed by atoms with Gasteiger partial charge in [0.25, 0.3) is 0 Å². The second kappa shape index (κ2) is 8.48. The molecule has 0 atom stereocenters. The molecule has 19 heavy (non-hydrogen) atoms. The Kier molecular flexibility index (Phi) is 6.89. The third-order valence-corrected chi connectivity index (χ3v) is 2.88. The van der Waals surface area contributed by atoms with Crippen molar-refractivity contribution >= 4 is 11.7 Å². The number of anilines is 1. The van der Waals surface area contributed by atoms with E-state index in [1.54, 1.807) is 7.05 Å². The van der Waals surface area contributed by atoms with Gasteiger partial charge in [0.2, 0.25) is 5.91 Å². The molecule has 1 amide bonds. The highest BCUT2D eigenvalue weighted by Crippen LogP contribution is 2.10. The van der Waals surface area contributed by atoms with Crippen LogP contribution in [0.15, 0.2) is 18.3 Å². The number of carbonyl (C=O) groups is 1. The van der Waals surface area contributed by atoms with Crippen LogP contribution in [0.4, 0.5) is 5.82 Å². The summed E-state index contributed by atoms with van der Waals surface area (Å²) in [7, 11) is 1.64. The predicted octanol–water partition coefficient (Wildman–Crippen LogP) is 1.15. The van der Waals surface area contributed by atoms with Crippen molar-refractivity contribution in [3.05, 3.63) is 23.9 Å². The fourth-order valence-corrected chi connectivity index (χ4v) is 1.73. The van der Waals surface area contributed by atoms with E-state index in [4.69, 9.17) is 0 Å². The molecule has 5 heteroatoms. The van der Waals surface area contributed by atoms with Crippen LogP contribution in [-0.2, 0) is 11.3 Å². The summed E-state index contributed by atoms with van der Waals surface area (Å²) >= 11 is 0. The summed E-state index contributed by atoms with van der Waals surface area (Å²) in [5.41, 5.74) is 1.16. The van der Waals surface area contributed by atoms with Crippen molar-refractivity contribution in [1.29, 1.82) is 0 Å². The molecule has 106 valence electrons. The average Bonchev–Trinajstić information content (AvgIpc) is 2.45. The first-order chi connectivity index (χ1) is 9.21. The van der Waals surface area contributed by atoms with E-state index in [1.807, 2.05) is 24.1 Å². The molecule has 0 aromatic carbocycles.